The molecule has 0 saturated heterocycles. The van der Waals surface area contributed by atoms with Gasteiger partial charge in [-0.25, -0.2) is 0 Å². The number of quaternary nitrogens is 1. The van der Waals surface area contributed by atoms with Gasteiger partial charge in [0.15, 0.2) is 0 Å². The van der Waals surface area contributed by atoms with Gasteiger partial charge in [-0.2, -0.15) is 0 Å². The molecular formula is C9H21IN2O2. The maximum atomic E-state index is 10.6. The van der Waals surface area contributed by atoms with E-state index in [1.54, 1.807) is 13.8 Å². The van der Waals surface area contributed by atoms with Crippen molar-refractivity contribution in [3.63, 3.8) is 0 Å². The molecule has 0 N–H and O–H groups in total. The van der Waals surface area contributed by atoms with Crippen molar-refractivity contribution in [1.29, 1.82) is 0 Å². The van der Waals surface area contributed by atoms with E-state index in [1.165, 1.54) is 0 Å². The Hall–Kier alpha value is 0.0900. The minimum atomic E-state index is -0.769. The van der Waals surface area contributed by atoms with Crippen molar-refractivity contribution < 1.29 is 33.4 Å². The molecule has 0 aliphatic rings. The molecule has 0 bridgehead atoms. The van der Waals surface area contributed by atoms with Gasteiger partial charge in [-0.3, -0.25) is 10.1 Å². The van der Waals surface area contributed by atoms with Gasteiger partial charge in [-0.1, -0.05) is 0 Å². The average Bonchev–Trinajstić information content (AvgIpc) is 1.82. The molecule has 5 heteroatoms. The zero-order valence-corrected chi connectivity index (χ0v) is 11.9. The lowest BCUT2D eigenvalue weighted by molar-refractivity contribution is -0.870. The number of hydrogen-bond acceptors (Lipinski definition) is 2. The molecular weight excluding hydrogens is 295 g/mol. The van der Waals surface area contributed by atoms with Crippen molar-refractivity contribution in [2.45, 2.75) is 32.2 Å². The third kappa shape index (κ3) is 7.49. The summed E-state index contributed by atoms with van der Waals surface area (Å²) < 4.78 is 0.869. The van der Waals surface area contributed by atoms with Gasteiger partial charge >= 0.3 is 0 Å². The minimum absolute atomic E-state index is 0. The van der Waals surface area contributed by atoms with Gasteiger partial charge < -0.3 is 28.5 Å². The van der Waals surface area contributed by atoms with E-state index >= 15 is 0 Å². The van der Waals surface area contributed by atoms with E-state index in [2.05, 4.69) is 21.1 Å². The van der Waals surface area contributed by atoms with Crippen molar-refractivity contribution in [2.75, 3.05) is 27.7 Å². The van der Waals surface area contributed by atoms with E-state index < -0.39 is 5.54 Å². The number of nitrogens with zero attached hydrogens (tertiary/aromatic N) is 2. The second kappa shape index (κ2) is 5.85. The highest BCUT2D eigenvalue weighted by atomic mass is 127. The van der Waals surface area contributed by atoms with E-state index in [9.17, 15) is 10.1 Å². The molecule has 0 fully saturated rings. The maximum Gasteiger partial charge on any atom is 0.217 e. The molecule has 0 aliphatic carbocycles. The number of hydrogen-bond donors (Lipinski definition) is 0. The van der Waals surface area contributed by atoms with Gasteiger partial charge in [0.05, 0.1) is 27.7 Å². The lowest BCUT2D eigenvalue weighted by Gasteiger charge is -2.25. The Morgan fingerprint density at radius 2 is 1.71 bits per heavy atom. The molecule has 0 aromatic heterocycles. The predicted molar refractivity (Wildman–Crippen MR) is 53.2 cm³/mol. The van der Waals surface area contributed by atoms with Gasteiger partial charge in [0, 0.05) is 31.6 Å². The molecule has 0 heterocycles. The van der Waals surface area contributed by atoms with Crippen LogP contribution in [0, 0.1) is 10.1 Å². The summed E-state index contributed by atoms with van der Waals surface area (Å²) in [7, 11) is 6.29. The number of rotatable bonds is 5. The van der Waals surface area contributed by atoms with E-state index in [0.717, 1.165) is 17.4 Å². The van der Waals surface area contributed by atoms with Crippen LogP contribution in [0.4, 0.5) is 0 Å². The molecule has 0 atom stereocenters. The van der Waals surface area contributed by atoms with Gasteiger partial charge in [-0.15, -0.1) is 0 Å². The molecule has 0 aromatic rings. The molecule has 0 saturated carbocycles. The van der Waals surface area contributed by atoms with Gasteiger partial charge in [0.25, 0.3) is 0 Å². The van der Waals surface area contributed by atoms with Crippen LogP contribution in [0.5, 0.6) is 0 Å². The topological polar surface area (TPSA) is 43.1 Å². The smallest absolute Gasteiger partial charge is 0.217 e. The summed E-state index contributed by atoms with van der Waals surface area (Å²) in [5.74, 6) is 0. The van der Waals surface area contributed by atoms with E-state index in [0.29, 0.717) is 6.42 Å². The third-order valence-corrected chi connectivity index (χ3v) is 2.11. The van der Waals surface area contributed by atoms with Crippen LogP contribution >= 0.6 is 0 Å². The van der Waals surface area contributed by atoms with Crippen molar-refractivity contribution >= 4 is 0 Å². The fraction of sp³-hybridized carbons (Fsp3) is 1.00. The van der Waals surface area contributed by atoms with Crippen molar-refractivity contribution in [3.05, 3.63) is 10.1 Å². The first-order valence-electron chi connectivity index (χ1n) is 4.60. The lowest BCUT2D eigenvalue weighted by atomic mass is 9.99. The van der Waals surface area contributed by atoms with Crippen LogP contribution in [0.1, 0.15) is 26.7 Å². The summed E-state index contributed by atoms with van der Waals surface area (Å²) in [5, 5.41) is 10.6. The van der Waals surface area contributed by atoms with Crippen molar-refractivity contribution in [3.8, 4) is 0 Å². The van der Waals surface area contributed by atoms with Crippen LogP contribution in [0.3, 0.4) is 0 Å². The van der Waals surface area contributed by atoms with E-state index in [1.807, 2.05) is 0 Å². The monoisotopic (exact) mass is 316 g/mol. The van der Waals surface area contributed by atoms with Crippen molar-refractivity contribution in [1.82, 2.24) is 0 Å². The molecule has 0 rings (SSSR count). The van der Waals surface area contributed by atoms with Gasteiger partial charge in [-0.05, 0) is 0 Å². The SMILES string of the molecule is CC(C)(CCC[N+](C)(C)C)[N+](=O)[O-].[I-]. The standard InChI is InChI=1S/C9H21N2O2.HI/c1-9(2,10(12)13)7-6-8-11(3,4)5;/h6-8H2,1-5H3;1H/q+1;/p-1. The van der Waals surface area contributed by atoms with Crippen LogP contribution in [-0.4, -0.2) is 42.6 Å². The Kier molecular flexibility index (Phi) is 6.90. The summed E-state index contributed by atoms with van der Waals surface area (Å²) in [6.45, 7) is 4.35. The number of nitro groups is 1. The lowest BCUT2D eigenvalue weighted by Crippen LogP contribution is -3.00. The first-order valence-corrected chi connectivity index (χ1v) is 4.60. The van der Waals surface area contributed by atoms with Gasteiger partial charge in [0.2, 0.25) is 5.54 Å². The summed E-state index contributed by atoms with van der Waals surface area (Å²) in [5.41, 5.74) is -0.769. The highest BCUT2D eigenvalue weighted by Gasteiger charge is 2.30. The molecule has 86 valence electrons. The van der Waals surface area contributed by atoms with E-state index in [4.69, 9.17) is 0 Å². The minimum Gasteiger partial charge on any atom is -1.00 e. The Bertz CT molecular complexity index is 188. The van der Waals surface area contributed by atoms with Crippen LogP contribution in [0.2, 0.25) is 0 Å². The second-order valence-electron chi connectivity index (χ2n) is 5.19. The van der Waals surface area contributed by atoms with Crippen molar-refractivity contribution in [2.24, 2.45) is 0 Å². The normalized spacial score (nSPS) is 12.1. The van der Waals surface area contributed by atoms with Crippen LogP contribution in [-0.2, 0) is 0 Å². The molecule has 0 aromatic carbocycles. The molecule has 14 heavy (non-hydrogen) atoms. The third-order valence-electron chi connectivity index (χ3n) is 2.11. The second-order valence-corrected chi connectivity index (χ2v) is 5.19. The fourth-order valence-electron chi connectivity index (χ4n) is 1.08. The molecule has 0 unspecified atom stereocenters. The first-order chi connectivity index (χ1) is 5.65. The van der Waals surface area contributed by atoms with Crippen LogP contribution in [0.15, 0.2) is 0 Å². The van der Waals surface area contributed by atoms with E-state index in [-0.39, 0.29) is 28.9 Å². The average molecular weight is 316 g/mol. The predicted octanol–water partition coefficient (Wildman–Crippen LogP) is -1.47. The zero-order chi connectivity index (χ0) is 10.7. The number of halogens is 1. The molecule has 4 nitrogen and oxygen atoms in total. The molecule has 0 aliphatic heterocycles. The molecule has 0 amide bonds. The Balaban J connectivity index is 0. The summed E-state index contributed by atoms with van der Waals surface area (Å²) >= 11 is 0. The Morgan fingerprint density at radius 1 is 1.29 bits per heavy atom. The summed E-state index contributed by atoms with van der Waals surface area (Å²) in [6.07, 6.45) is 1.55. The van der Waals surface area contributed by atoms with Crippen LogP contribution in [0.25, 0.3) is 0 Å². The fourth-order valence-corrected chi connectivity index (χ4v) is 1.08. The Morgan fingerprint density at radius 3 is 2.00 bits per heavy atom. The summed E-state index contributed by atoms with van der Waals surface area (Å²) in [4.78, 5) is 10.4. The highest BCUT2D eigenvalue weighted by Crippen LogP contribution is 2.15. The zero-order valence-electron chi connectivity index (χ0n) is 9.71. The first kappa shape index (κ1) is 16.5. The Labute approximate surface area is 103 Å². The molecule has 0 radical (unpaired) electrons. The maximum absolute atomic E-state index is 10.6. The largest absolute Gasteiger partial charge is 1.00 e. The highest BCUT2D eigenvalue weighted by molar-refractivity contribution is 4.65. The molecule has 0 spiro atoms. The van der Waals surface area contributed by atoms with Gasteiger partial charge in [0.1, 0.15) is 0 Å². The summed E-state index contributed by atoms with van der Waals surface area (Å²) in [6, 6.07) is 0. The quantitative estimate of drug-likeness (QED) is 0.269. The van der Waals surface area contributed by atoms with Crippen LogP contribution < -0.4 is 24.0 Å².